The van der Waals surface area contributed by atoms with Crippen LogP contribution < -0.4 is 4.90 Å². The predicted molar refractivity (Wildman–Crippen MR) is 120 cm³/mol. The van der Waals surface area contributed by atoms with E-state index in [1.165, 1.54) is 10.3 Å². The van der Waals surface area contributed by atoms with Gasteiger partial charge in [-0.2, -0.15) is 0 Å². The molecule has 0 saturated carbocycles. The molecule has 6 heteroatoms. The lowest BCUT2D eigenvalue weighted by atomic mass is 10.2. The van der Waals surface area contributed by atoms with Crippen LogP contribution in [0.3, 0.4) is 0 Å². The summed E-state index contributed by atoms with van der Waals surface area (Å²) in [5.74, 6) is 0.154. The SMILES string of the molecule is O=C(c1ccc(-c2nc3ccccc3s2)s1)N1CC[NH+](Cc2ccccc2)CC1. The van der Waals surface area contributed by atoms with Crippen LogP contribution >= 0.6 is 22.7 Å². The predicted octanol–water partition coefficient (Wildman–Crippen LogP) is 3.57. The third-order valence-corrected chi connectivity index (χ3v) is 7.66. The van der Waals surface area contributed by atoms with Crippen molar-refractivity contribution >= 4 is 38.8 Å². The highest BCUT2D eigenvalue weighted by Gasteiger charge is 2.25. The van der Waals surface area contributed by atoms with Gasteiger partial charge in [-0.15, -0.1) is 22.7 Å². The van der Waals surface area contributed by atoms with Crippen molar-refractivity contribution in [2.75, 3.05) is 26.2 Å². The van der Waals surface area contributed by atoms with Crippen LogP contribution in [0, 0.1) is 0 Å². The zero-order valence-corrected chi connectivity index (χ0v) is 17.6. The number of nitrogens with one attached hydrogen (secondary N) is 1. The number of carbonyl (C=O) groups excluding carboxylic acids is 1. The molecule has 3 heterocycles. The first-order valence-corrected chi connectivity index (χ1v) is 11.5. The number of thiophene rings is 1. The van der Waals surface area contributed by atoms with Crippen LogP contribution in [0.5, 0.6) is 0 Å². The lowest BCUT2D eigenvalue weighted by Gasteiger charge is -2.32. The Kier molecular flexibility index (Phi) is 5.14. The highest BCUT2D eigenvalue weighted by molar-refractivity contribution is 7.26. The van der Waals surface area contributed by atoms with Gasteiger partial charge in [-0.3, -0.25) is 4.79 Å². The summed E-state index contributed by atoms with van der Waals surface area (Å²) < 4.78 is 1.18. The largest absolute Gasteiger partial charge is 0.328 e. The van der Waals surface area contributed by atoms with Crippen molar-refractivity contribution in [2.45, 2.75) is 6.54 Å². The summed E-state index contributed by atoms with van der Waals surface area (Å²) in [7, 11) is 0. The molecular formula is C23H22N3OS2+. The number of aromatic nitrogens is 1. The van der Waals surface area contributed by atoms with Crippen molar-refractivity contribution in [1.82, 2.24) is 9.88 Å². The minimum Gasteiger partial charge on any atom is -0.328 e. The number of nitrogens with zero attached hydrogens (tertiary/aromatic N) is 2. The number of hydrogen-bond donors (Lipinski definition) is 1. The van der Waals surface area contributed by atoms with Gasteiger partial charge in [0.15, 0.2) is 0 Å². The number of thiazole rings is 1. The minimum atomic E-state index is 0.154. The van der Waals surface area contributed by atoms with E-state index in [0.717, 1.165) is 53.0 Å². The fourth-order valence-electron chi connectivity index (χ4n) is 3.79. The van der Waals surface area contributed by atoms with Gasteiger partial charge in [0.2, 0.25) is 0 Å². The monoisotopic (exact) mass is 420 g/mol. The lowest BCUT2D eigenvalue weighted by molar-refractivity contribution is -0.917. The van der Waals surface area contributed by atoms with Gasteiger partial charge in [-0.1, -0.05) is 42.5 Å². The van der Waals surface area contributed by atoms with E-state index in [2.05, 4.69) is 36.4 Å². The first kappa shape index (κ1) is 18.5. The Balaban J connectivity index is 1.24. The van der Waals surface area contributed by atoms with E-state index in [9.17, 15) is 4.79 Å². The average molecular weight is 421 g/mol. The molecule has 2 aromatic carbocycles. The minimum absolute atomic E-state index is 0.154. The molecule has 0 spiro atoms. The maximum atomic E-state index is 13.0. The van der Waals surface area contributed by atoms with Crippen molar-refractivity contribution < 1.29 is 9.69 Å². The van der Waals surface area contributed by atoms with Crippen molar-refractivity contribution in [3.05, 3.63) is 77.2 Å². The van der Waals surface area contributed by atoms with Gasteiger partial charge in [-0.25, -0.2) is 4.98 Å². The van der Waals surface area contributed by atoms with Gasteiger partial charge < -0.3 is 9.80 Å². The van der Waals surface area contributed by atoms with Crippen LogP contribution in [-0.2, 0) is 6.54 Å². The van der Waals surface area contributed by atoms with Crippen molar-refractivity contribution in [1.29, 1.82) is 0 Å². The van der Waals surface area contributed by atoms with Gasteiger partial charge in [0.05, 0.1) is 46.1 Å². The van der Waals surface area contributed by atoms with Gasteiger partial charge in [0.1, 0.15) is 11.6 Å². The van der Waals surface area contributed by atoms with Crippen LogP contribution in [0.1, 0.15) is 15.2 Å². The number of carbonyl (C=O) groups is 1. The van der Waals surface area contributed by atoms with Gasteiger partial charge in [-0.05, 0) is 24.3 Å². The molecule has 146 valence electrons. The van der Waals surface area contributed by atoms with E-state index in [4.69, 9.17) is 4.98 Å². The zero-order chi connectivity index (χ0) is 19.6. The van der Waals surface area contributed by atoms with E-state index >= 15 is 0 Å². The Bertz CT molecular complexity index is 1090. The molecule has 0 radical (unpaired) electrons. The molecule has 4 aromatic rings. The second kappa shape index (κ2) is 8.06. The Morgan fingerprint density at radius 3 is 2.48 bits per heavy atom. The van der Waals surface area contributed by atoms with E-state index in [1.807, 2.05) is 35.2 Å². The van der Waals surface area contributed by atoms with E-state index < -0.39 is 0 Å². The number of para-hydroxylation sites is 1. The Hall–Kier alpha value is -2.54. The summed E-state index contributed by atoms with van der Waals surface area (Å²) in [5.41, 5.74) is 2.38. The number of rotatable bonds is 4. The van der Waals surface area contributed by atoms with E-state index in [0.29, 0.717) is 0 Å². The number of hydrogen-bond acceptors (Lipinski definition) is 4. The quantitative estimate of drug-likeness (QED) is 0.548. The van der Waals surface area contributed by atoms with Gasteiger partial charge >= 0.3 is 0 Å². The van der Waals surface area contributed by atoms with E-state index in [1.54, 1.807) is 27.6 Å². The summed E-state index contributed by atoms with van der Waals surface area (Å²) in [6.45, 7) is 4.65. The zero-order valence-electron chi connectivity index (χ0n) is 16.0. The molecular weight excluding hydrogens is 398 g/mol. The Labute approximate surface area is 178 Å². The van der Waals surface area contributed by atoms with E-state index in [-0.39, 0.29) is 5.91 Å². The van der Waals surface area contributed by atoms with Crippen LogP contribution in [0.4, 0.5) is 0 Å². The molecule has 1 amide bonds. The topological polar surface area (TPSA) is 37.6 Å². The summed E-state index contributed by atoms with van der Waals surface area (Å²) in [4.78, 5) is 23.1. The molecule has 0 aliphatic carbocycles. The summed E-state index contributed by atoms with van der Waals surface area (Å²) in [6, 6.07) is 22.8. The molecule has 1 aliphatic heterocycles. The van der Waals surface area contributed by atoms with Crippen LogP contribution in [0.2, 0.25) is 0 Å². The molecule has 1 N–H and O–H groups in total. The molecule has 29 heavy (non-hydrogen) atoms. The highest BCUT2D eigenvalue weighted by Crippen LogP contribution is 2.34. The Morgan fingerprint density at radius 2 is 1.69 bits per heavy atom. The molecule has 2 aromatic heterocycles. The molecule has 0 atom stereocenters. The second-order valence-electron chi connectivity index (χ2n) is 7.36. The second-order valence-corrected chi connectivity index (χ2v) is 9.47. The van der Waals surface area contributed by atoms with Crippen LogP contribution in [0.25, 0.3) is 20.1 Å². The third-order valence-electron chi connectivity index (χ3n) is 5.38. The van der Waals surface area contributed by atoms with Crippen molar-refractivity contribution in [3.8, 4) is 9.88 Å². The first-order chi connectivity index (χ1) is 14.3. The fraction of sp³-hybridized carbons (Fsp3) is 0.217. The number of fused-ring (bicyclic) bond motifs is 1. The highest BCUT2D eigenvalue weighted by atomic mass is 32.1. The lowest BCUT2D eigenvalue weighted by Crippen LogP contribution is -3.13. The summed E-state index contributed by atoms with van der Waals surface area (Å²) >= 11 is 3.24. The summed E-state index contributed by atoms with van der Waals surface area (Å²) in [6.07, 6.45) is 0. The molecule has 1 aliphatic rings. The maximum absolute atomic E-state index is 13.0. The van der Waals surface area contributed by atoms with Gasteiger partial charge in [0, 0.05) is 5.56 Å². The number of piperazine rings is 1. The maximum Gasteiger partial charge on any atom is 0.264 e. The average Bonchev–Trinajstić information content (AvgIpc) is 3.42. The first-order valence-electron chi connectivity index (χ1n) is 9.89. The van der Waals surface area contributed by atoms with Crippen molar-refractivity contribution in [3.63, 3.8) is 0 Å². The van der Waals surface area contributed by atoms with Gasteiger partial charge in [0.25, 0.3) is 5.91 Å². The van der Waals surface area contributed by atoms with Crippen molar-refractivity contribution in [2.24, 2.45) is 0 Å². The summed E-state index contributed by atoms with van der Waals surface area (Å²) in [5, 5.41) is 0.993. The number of benzene rings is 2. The third kappa shape index (κ3) is 3.96. The Morgan fingerprint density at radius 1 is 0.931 bits per heavy atom. The fourth-order valence-corrected chi connectivity index (χ4v) is 5.78. The normalized spacial score (nSPS) is 15.1. The van der Waals surface area contributed by atoms with Crippen LogP contribution in [0.15, 0.2) is 66.7 Å². The van der Waals surface area contributed by atoms with Crippen LogP contribution in [-0.4, -0.2) is 42.0 Å². The molecule has 1 fully saturated rings. The molecule has 5 rings (SSSR count). The molecule has 4 nitrogen and oxygen atoms in total. The molecule has 0 bridgehead atoms. The molecule has 0 unspecified atom stereocenters. The number of quaternary nitrogens is 1. The standard InChI is InChI=1S/C23H21N3OS2/c27-23(26-14-12-25(13-15-26)16-17-6-2-1-3-7-17)21-11-10-20(28-21)22-24-18-8-4-5-9-19(18)29-22/h1-11H,12-16H2/p+1. The smallest absolute Gasteiger partial charge is 0.264 e. The number of amides is 1. The molecule has 1 saturated heterocycles.